The smallest absolute Gasteiger partial charge is 0.319 e. The Morgan fingerprint density at radius 1 is 0.929 bits per heavy atom. The van der Waals surface area contributed by atoms with Gasteiger partial charge in [0.2, 0.25) is 0 Å². The van der Waals surface area contributed by atoms with Crippen LogP contribution in [0.3, 0.4) is 0 Å². The second-order valence-electron chi connectivity index (χ2n) is 7.59. The van der Waals surface area contributed by atoms with Crippen LogP contribution in [0.25, 0.3) is 0 Å². The predicted octanol–water partition coefficient (Wildman–Crippen LogP) is 3.99. The summed E-state index contributed by atoms with van der Waals surface area (Å²) in [5.41, 5.74) is 3.04. The molecule has 2 aliphatic heterocycles. The highest BCUT2D eigenvalue weighted by Crippen LogP contribution is 2.28. The normalized spacial score (nSPS) is 16.9. The van der Waals surface area contributed by atoms with Crippen molar-refractivity contribution in [3.8, 4) is 0 Å². The van der Waals surface area contributed by atoms with Gasteiger partial charge in [0.05, 0.1) is 11.4 Å². The highest BCUT2D eigenvalue weighted by molar-refractivity contribution is 5.93. The van der Waals surface area contributed by atoms with Gasteiger partial charge in [0.15, 0.2) is 0 Å². The first kappa shape index (κ1) is 18.6. The van der Waals surface area contributed by atoms with Crippen LogP contribution in [-0.4, -0.2) is 37.2 Å². The average molecular weight is 380 g/mol. The largest absolute Gasteiger partial charge is 0.370 e. The Morgan fingerprint density at radius 3 is 2.46 bits per heavy atom. The number of aromatic nitrogens is 1. The van der Waals surface area contributed by atoms with Crippen LogP contribution in [0, 0.1) is 0 Å². The number of anilines is 3. The first-order valence-corrected chi connectivity index (χ1v) is 10.4. The van der Waals surface area contributed by atoms with Gasteiger partial charge in [0.1, 0.15) is 5.82 Å². The number of nitrogens with zero attached hydrogens (tertiary/aromatic N) is 3. The van der Waals surface area contributed by atoms with Crippen LogP contribution in [0.2, 0.25) is 0 Å². The van der Waals surface area contributed by atoms with E-state index in [0.29, 0.717) is 6.54 Å². The molecule has 2 aliphatic rings. The molecule has 0 bridgehead atoms. The first-order valence-electron chi connectivity index (χ1n) is 10.4. The molecule has 3 heterocycles. The fourth-order valence-electron chi connectivity index (χ4n) is 4.03. The van der Waals surface area contributed by atoms with Crippen molar-refractivity contribution in [1.82, 2.24) is 10.3 Å². The molecule has 148 valence electrons. The molecule has 6 heteroatoms. The quantitative estimate of drug-likeness (QED) is 0.825. The molecule has 1 aromatic heterocycles. The van der Waals surface area contributed by atoms with Crippen molar-refractivity contribution in [2.75, 3.05) is 41.3 Å². The van der Waals surface area contributed by atoms with Crippen LogP contribution in [-0.2, 0) is 6.54 Å². The standard InChI is InChI=1S/C22H29N5O/c28-22(25-19-8-2-3-9-20(19)26-12-6-7-13-26)24-17-18-10-11-23-21(16-18)27-14-4-1-5-15-27/h2-3,8-11,16H,1,4-7,12-15,17H2,(H2,24,25,28). The number of benzene rings is 1. The van der Waals surface area contributed by atoms with Gasteiger partial charge in [-0.15, -0.1) is 0 Å². The van der Waals surface area contributed by atoms with Crippen molar-refractivity contribution in [2.24, 2.45) is 0 Å². The van der Waals surface area contributed by atoms with Gasteiger partial charge in [-0.25, -0.2) is 9.78 Å². The van der Waals surface area contributed by atoms with Crippen molar-refractivity contribution >= 4 is 23.2 Å². The third-order valence-corrected chi connectivity index (χ3v) is 5.54. The summed E-state index contributed by atoms with van der Waals surface area (Å²) >= 11 is 0. The van der Waals surface area contributed by atoms with E-state index in [0.717, 1.165) is 48.9 Å². The van der Waals surface area contributed by atoms with Crippen LogP contribution in [0.4, 0.5) is 22.0 Å². The zero-order valence-corrected chi connectivity index (χ0v) is 16.4. The van der Waals surface area contributed by atoms with Crippen LogP contribution in [0.5, 0.6) is 0 Å². The number of carbonyl (C=O) groups excluding carboxylic acids is 1. The number of nitrogens with one attached hydrogen (secondary N) is 2. The number of carbonyl (C=O) groups is 1. The van der Waals surface area contributed by atoms with E-state index < -0.39 is 0 Å². The summed E-state index contributed by atoms with van der Waals surface area (Å²) in [6.07, 6.45) is 8.01. The maximum atomic E-state index is 12.5. The molecule has 2 saturated heterocycles. The maximum absolute atomic E-state index is 12.5. The van der Waals surface area contributed by atoms with Gasteiger partial charge in [-0.2, -0.15) is 0 Å². The summed E-state index contributed by atoms with van der Waals surface area (Å²) in [6.45, 7) is 4.73. The highest BCUT2D eigenvalue weighted by atomic mass is 16.2. The van der Waals surface area contributed by atoms with E-state index in [9.17, 15) is 4.79 Å². The molecule has 0 radical (unpaired) electrons. The van der Waals surface area contributed by atoms with E-state index in [4.69, 9.17) is 0 Å². The second-order valence-corrected chi connectivity index (χ2v) is 7.59. The van der Waals surface area contributed by atoms with Gasteiger partial charge in [-0.05, 0) is 61.9 Å². The van der Waals surface area contributed by atoms with E-state index in [1.807, 2.05) is 30.5 Å². The number of pyridine rings is 1. The highest BCUT2D eigenvalue weighted by Gasteiger charge is 2.16. The minimum Gasteiger partial charge on any atom is -0.370 e. The molecular weight excluding hydrogens is 350 g/mol. The molecule has 6 nitrogen and oxygen atoms in total. The van der Waals surface area contributed by atoms with E-state index in [-0.39, 0.29) is 6.03 Å². The van der Waals surface area contributed by atoms with Gasteiger partial charge in [-0.1, -0.05) is 12.1 Å². The second kappa shape index (κ2) is 8.95. The molecule has 2 aromatic rings. The summed E-state index contributed by atoms with van der Waals surface area (Å²) in [4.78, 5) is 21.6. The molecule has 0 saturated carbocycles. The molecule has 2 fully saturated rings. The molecule has 2 amide bonds. The molecule has 2 N–H and O–H groups in total. The Morgan fingerprint density at radius 2 is 1.64 bits per heavy atom. The van der Waals surface area contributed by atoms with Crippen molar-refractivity contribution in [1.29, 1.82) is 0 Å². The van der Waals surface area contributed by atoms with Crippen LogP contribution in [0.15, 0.2) is 42.6 Å². The SMILES string of the molecule is O=C(NCc1ccnc(N2CCCCC2)c1)Nc1ccccc1N1CCCC1. The van der Waals surface area contributed by atoms with Crippen molar-refractivity contribution in [3.05, 3.63) is 48.2 Å². The van der Waals surface area contributed by atoms with E-state index in [1.165, 1.54) is 32.1 Å². The van der Waals surface area contributed by atoms with Gasteiger partial charge in [0.25, 0.3) is 0 Å². The molecule has 0 unspecified atom stereocenters. The lowest BCUT2D eigenvalue weighted by Crippen LogP contribution is -2.31. The topological polar surface area (TPSA) is 60.5 Å². The lowest BCUT2D eigenvalue weighted by Gasteiger charge is -2.28. The van der Waals surface area contributed by atoms with Crippen molar-refractivity contribution < 1.29 is 4.79 Å². The number of hydrogen-bond acceptors (Lipinski definition) is 4. The molecule has 0 spiro atoms. The predicted molar refractivity (Wildman–Crippen MR) is 114 cm³/mol. The third kappa shape index (κ3) is 4.55. The average Bonchev–Trinajstić information content (AvgIpc) is 3.28. The number of rotatable bonds is 5. The van der Waals surface area contributed by atoms with Crippen LogP contribution < -0.4 is 20.4 Å². The number of hydrogen-bond donors (Lipinski definition) is 2. The van der Waals surface area contributed by atoms with E-state index in [1.54, 1.807) is 0 Å². The zero-order valence-electron chi connectivity index (χ0n) is 16.4. The monoisotopic (exact) mass is 379 g/mol. The van der Waals surface area contributed by atoms with Gasteiger partial charge in [0, 0.05) is 38.9 Å². The zero-order chi connectivity index (χ0) is 19.2. The van der Waals surface area contributed by atoms with Gasteiger partial charge < -0.3 is 20.4 Å². The summed E-state index contributed by atoms with van der Waals surface area (Å²) < 4.78 is 0. The molecule has 0 atom stereocenters. The number of urea groups is 1. The fourth-order valence-corrected chi connectivity index (χ4v) is 4.03. The minimum absolute atomic E-state index is 0.178. The number of piperidine rings is 1. The Hall–Kier alpha value is -2.76. The lowest BCUT2D eigenvalue weighted by atomic mass is 10.1. The van der Waals surface area contributed by atoms with E-state index in [2.05, 4.69) is 37.6 Å². The molecule has 4 rings (SSSR count). The van der Waals surface area contributed by atoms with Crippen LogP contribution in [0.1, 0.15) is 37.7 Å². The minimum atomic E-state index is -0.178. The van der Waals surface area contributed by atoms with Gasteiger partial charge in [-0.3, -0.25) is 0 Å². The van der Waals surface area contributed by atoms with Gasteiger partial charge >= 0.3 is 6.03 Å². The van der Waals surface area contributed by atoms with E-state index >= 15 is 0 Å². The fraction of sp³-hybridized carbons (Fsp3) is 0.455. The molecule has 1 aromatic carbocycles. The molecule has 0 aliphatic carbocycles. The number of amides is 2. The Bertz CT molecular complexity index is 797. The molecular formula is C22H29N5O. The van der Waals surface area contributed by atoms with Crippen LogP contribution >= 0.6 is 0 Å². The third-order valence-electron chi connectivity index (χ3n) is 5.54. The number of para-hydroxylation sites is 2. The lowest BCUT2D eigenvalue weighted by molar-refractivity contribution is 0.251. The summed E-state index contributed by atoms with van der Waals surface area (Å²) in [6, 6.07) is 11.9. The maximum Gasteiger partial charge on any atom is 0.319 e. The Labute approximate surface area is 166 Å². The van der Waals surface area contributed by atoms with Crippen molar-refractivity contribution in [2.45, 2.75) is 38.6 Å². The summed E-state index contributed by atoms with van der Waals surface area (Å²) in [7, 11) is 0. The summed E-state index contributed by atoms with van der Waals surface area (Å²) in [5, 5.41) is 6.00. The molecule has 28 heavy (non-hydrogen) atoms. The van der Waals surface area contributed by atoms with Crippen molar-refractivity contribution in [3.63, 3.8) is 0 Å². The first-order chi connectivity index (χ1) is 13.8. The summed E-state index contributed by atoms with van der Waals surface area (Å²) in [5.74, 6) is 1.01. The Balaban J connectivity index is 1.35. The Kier molecular flexibility index (Phi) is 5.95.